The van der Waals surface area contributed by atoms with Crippen molar-refractivity contribution in [2.75, 3.05) is 23.3 Å². The summed E-state index contributed by atoms with van der Waals surface area (Å²) >= 11 is 13.2. The number of allylic oxidation sites excluding steroid dienone is 2. The van der Waals surface area contributed by atoms with Gasteiger partial charge in [-0.2, -0.15) is 5.10 Å². The number of hydrogen-bond acceptors (Lipinski definition) is 6. The van der Waals surface area contributed by atoms with E-state index in [4.69, 9.17) is 28.2 Å². The van der Waals surface area contributed by atoms with E-state index in [1.54, 1.807) is 17.1 Å². The quantitative estimate of drug-likeness (QED) is 0.523. The fraction of sp³-hybridized carbons (Fsp3) is 0.435. The molecule has 2 N–H and O–H groups in total. The molecule has 1 aliphatic heterocycles. The van der Waals surface area contributed by atoms with Crippen molar-refractivity contribution in [3.8, 4) is 0 Å². The molecule has 4 atom stereocenters. The number of aromatic nitrogens is 4. The van der Waals surface area contributed by atoms with Gasteiger partial charge in [-0.3, -0.25) is 0 Å². The summed E-state index contributed by atoms with van der Waals surface area (Å²) in [5.74, 6) is 0.984. The first-order valence-corrected chi connectivity index (χ1v) is 11.8. The molecule has 7 nitrogen and oxygen atoms in total. The van der Waals surface area contributed by atoms with E-state index in [9.17, 15) is 5.11 Å². The van der Waals surface area contributed by atoms with Crippen molar-refractivity contribution in [1.82, 2.24) is 19.7 Å². The van der Waals surface area contributed by atoms with Crippen LogP contribution in [0.3, 0.4) is 0 Å². The number of piperidine rings is 1. The Morgan fingerprint density at radius 1 is 1.16 bits per heavy atom. The lowest BCUT2D eigenvalue weighted by Crippen LogP contribution is -2.52. The van der Waals surface area contributed by atoms with Crippen LogP contribution in [-0.2, 0) is 0 Å². The second-order valence-electron chi connectivity index (χ2n) is 9.31. The van der Waals surface area contributed by atoms with Gasteiger partial charge in [0.1, 0.15) is 0 Å². The van der Waals surface area contributed by atoms with E-state index < -0.39 is 5.60 Å². The molecule has 3 aromatic rings. The molecule has 9 heteroatoms. The van der Waals surface area contributed by atoms with Crippen LogP contribution in [0.4, 0.5) is 17.3 Å². The largest absolute Gasteiger partial charge is 0.389 e. The van der Waals surface area contributed by atoms with Gasteiger partial charge in [0.25, 0.3) is 0 Å². The minimum atomic E-state index is -0.585. The van der Waals surface area contributed by atoms with E-state index in [1.807, 2.05) is 19.1 Å². The molecule has 1 aromatic carbocycles. The summed E-state index contributed by atoms with van der Waals surface area (Å²) in [4.78, 5) is 11.4. The second kappa shape index (κ2) is 7.33. The first-order valence-electron chi connectivity index (χ1n) is 11.0. The van der Waals surface area contributed by atoms with Gasteiger partial charge in [-0.05, 0) is 38.3 Å². The molecule has 166 valence electrons. The van der Waals surface area contributed by atoms with E-state index in [1.165, 1.54) is 0 Å². The van der Waals surface area contributed by atoms with Crippen LogP contribution >= 0.6 is 23.2 Å². The number of nitrogens with zero attached hydrogens (tertiary/aromatic N) is 5. The molecule has 2 unspecified atom stereocenters. The van der Waals surface area contributed by atoms with Gasteiger partial charge < -0.3 is 15.3 Å². The third-order valence-electron chi connectivity index (χ3n) is 7.42. The zero-order valence-corrected chi connectivity index (χ0v) is 19.2. The number of aliphatic hydroxyl groups is 1. The molecule has 3 aliphatic rings. The lowest BCUT2D eigenvalue weighted by Gasteiger charge is -2.43. The Morgan fingerprint density at radius 2 is 1.91 bits per heavy atom. The monoisotopic (exact) mass is 470 g/mol. The SMILES string of the molecule is CC1(O)[C@@H]2CC[C@H]1CN(c1cc3nc(Nc4cnn(C5C=CC5)c4Cl)ncc3cc1Cl)C2. The lowest BCUT2D eigenvalue weighted by atomic mass is 9.82. The van der Waals surface area contributed by atoms with Gasteiger partial charge in [0.05, 0.1) is 39.8 Å². The zero-order chi connectivity index (χ0) is 22.0. The Morgan fingerprint density at radius 3 is 2.59 bits per heavy atom. The van der Waals surface area contributed by atoms with Crippen LogP contribution in [0.25, 0.3) is 10.9 Å². The maximum atomic E-state index is 10.8. The van der Waals surface area contributed by atoms with Gasteiger partial charge in [0.15, 0.2) is 5.15 Å². The molecule has 2 bridgehead atoms. The van der Waals surface area contributed by atoms with Crippen LogP contribution < -0.4 is 10.2 Å². The van der Waals surface area contributed by atoms with Crippen molar-refractivity contribution in [2.24, 2.45) is 11.8 Å². The Balaban J connectivity index is 1.29. The molecule has 2 aromatic heterocycles. The molecule has 1 saturated heterocycles. The van der Waals surface area contributed by atoms with Crippen LogP contribution in [-0.4, -0.2) is 43.5 Å². The second-order valence-corrected chi connectivity index (χ2v) is 10.1. The smallest absolute Gasteiger partial charge is 0.227 e. The molecule has 0 amide bonds. The summed E-state index contributed by atoms with van der Waals surface area (Å²) in [7, 11) is 0. The summed E-state index contributed by atoms with van der Waals surface area (Å²) in [5, 5.41) is 20.5. The maximum Gasteiger partial charge on any atom is 0.227 e. The van der Waals surface area contributed by atoms with Gasteiger partial charge in [0.2, 0.25) is 5.95 Å². The first kappa shape index (κ1) is 20.3. The maximum absolute atomic E-state index is 10.8. The molecule has 0 spiro atoms. The van der Waals surface area contributed by atoms with E-state index >= 15 is 0 Å². The molecular weight excluding hydrogens is 447 g/mol. The molecule has 2 fully saturated rings. The number of halogens is 2. The van der Waals surface area contributed by atoms with Crippen molar-refractivity contribution in [2.45, 2.75) is 37.8 Å². The molecular formula is C23H24Cl2N6O. The highest BCUT2D eigenvalue weighted by Gasteiger charge is 2.49. The average Bonchev–Trinajstić information content (AvgIpc) is 3.09. The standard InChI is InChI=1S/C23H24Cl2N6O/c1-23(32)14-5-6-15(23)12-30(11-14)20-8-18-13(7-17(20)24)9-26-22(28-18)29-19-10-27-31(21(19)25)16-3-2-4-16/h2-3,7-10,14-16,32H,4-6,11-12H2,1H3,(H,26,28,29)/t14-,15+,16?,23?. The predicted molar refractivity (Wildman–Crippen MR) is 127 cm³/mol. The summed E-state index contributed by atoms with van der Waals surface area (Å²) in [6.07, 6.45) is 10.7. The highest BCUT2D eigenvalue weighted by atomic mass is 35.5. The molecule has 32 heavy (non-hydrogen) atoms. The number of hydrogen-bond donors (Lipinski definition) is 2. The van der Waals surface area contributed by atoms with E-state index in [2.05, 4.69) is 32.5 Å². The third kappa shape index (κ3) is 3.17. The van der Waals surface area contributed by atoms with E-state index in [0.717, 1.165) is 48.9 Å². The summed E-state index contributed by atoms with van der Waals surface area (Å²) in [6.45, 7) is 3.58. The fourth-order valence-corrected chi connectivity index (χ4v) is 5.80. The van der Waals surface area contributed by atoms with Gasteiger partial charge >= 0.3 is 0 Å². The number of benzene rings is 1. The van der Waals surface area contributed by atoms with E-state index in [0.29, 0.717) is 21.8 Å². The Labute approximate surface area is 196 Å². The van der Waals surface area contributed by atoms with Crippen LogP contribution in [0, 0.1) is 11.8 Å². The van der Waals surface area contributed by atoms with Gasteiger partial charge in [-0.25, -0.2) is 14.6 Å². The Bertz CT molecular complexity index is 1220. The third-order valence-corrected chi connectivity index (χ3v) is 8.10. The zero-order valence-electron chi connectivity index (χ0n) is 17.7. The normalized spacial score (nSPS) is 28.9. The van der Waals surface area contributed by atoms with Gasteiger partial charge in [0, 0.05) is 36.5 Å². The van der Waals surface area contributed by atoms with Gasteiger partial charge in [-0.1, -0.05) is 35.4 Å². The minimum Gasteiger partial charge on any atom is -0.389 e. The predicted octanol–water partition coefficient (Wildman–Crippen LogP) is 4.97. The summed E-state index contributed by atoms with van der Waals surface area (Å²) < 4.78 is 1.79. The van der Waals surface area contributed by atoms with Crippen molar-refractivity contribution < 1.29 is 5.11 Å². The minimum absolute atomic E-state index is 0.209. The Kier molecular flexibility index (Phi) is 4.65. The number of nitrogens with one attached hydrogen (secondary N) is 1. The highest BCUT2D eigenvalue weighted by Crippen LogP contribution is 2.47. The van der Waals surface area contributed by atoms with Crippen LogP contribution in [0.1, 0.15) is 32.2 Å². The summed E-state index contributed by atoms with van der Waals surface area (Å²) in [6, 6.07) is 4.15. The van der Waals surface area contributed by atoms with Crippen LogP contribution in [0.15, 0.2) is 36.7 Å². The molecule has 3 heterocycles. The Hall–Kier alpha value is -2.35. The molecule has 0 radical (unpaired) electrons. The van der Waals surface area contributed by atoms with Gasteiger partial charge in [-0.15, -0.1) is 0 Å². The van der Waals surface area contributed by atoms with Crippen molar-refractivity contribution in [3.05, 3.63) is 46.9 Å². The lowest BCUT2D eigenvalue weighted by molar-refractivity contribution is -0.0271. The highest BCUT2D eigenvalue weighted by molar-refractivity contribution is 6.34. The van der Waals surface area contributed by atoms with Crippen molar-refractivity contribution >= 4 is 51.4 Å². The van der Waals surface area contributed by atoms with Crippen molar-refractivity contribution in [1.29, 1.82) is 0 Å². The van der Waals surface area contributed by atoms with Crippen LogP contribution in [0.2, 0.25) is 10.2 Å². The molecule has 2 aliphatic carbocycles. The number of anilines is 3. The molecule has 6 rings (SSSR count). The number of fused-ring (bicyclic) bond motifs is 3. The average molecular weight is 471 g/mol. The fourth-order valence-electron chi connectivity index (χ4n) is 5.24. The summed E-state index contributed by atoms with van der Waals surface area (Å²) in [5.41, 5.74) is 1.85. The topological polar surface area (TPSA) is 79.1 Å². The first-order chi connectivity index (χ1) is 15.4. The van der Waals surface area contributed by atoms with E-state index in [-0.39, 0.29) is 17.9 Å². The van der Waals surface area contributed by atoms with Crippen LogP contribution in [0.5, 0.6) is 0 Å². The molecule has 1 saturated carbocycles. The number of rotatable bonds is 4. The van der Waals surface area contributed by atoms with Crippen molar-refractivity contribution in [3.63, 3.8) is 0 Å².